The topological polar surface area (TPSA) is 51.8 Å². The van der Waals surface area contributed by atoms with E-state index in [1.807, 2.05) is 6.07 Å². The fourth-order valence-electron chi connectivity index (χ4n) is 1.01. The minimum atomic E-state index is 0.451. The third-order valence-corrected chi connectivity index (χ3v) is 1.80. The molecular weight excluding hydrogens is 154 g/mol. The first-order chi connectivity index (χ1) is 5.77. The third kappa shape index (κ3) is 1.05. The molecule has 0 saturated carbocycles. The Morgan fingerprint density at radius 2 is 2.25 bits per heavy atom. The monoisotopic (exact) mass is 163 g/mol. The molecule has 2 aromatic rings. The summed E-state index contributed by atoms with van der Waals surface area (Å²) in [6.45, 7) is 4.21. The summed E-state index contributed by atoms with van der Waals surface area (Å²) in [7, 11) is 0. The van der Waals surface area contributed by atoms with Crippen molar-refractivity contribution in [3.05, 3.63) is 17.8 Å². The van der Waals surface area contributed by atoms with E-state index in [9.17, 15) is 0 Å². The van der Waals surface area contributed by atoms with Crippen molar-refractivity contribution in [2.24, 2.45) is 0 Å². The molecule has 2 aromatic heterocycles. The maximum absolute atomic E-state index is 4.89. The number of hydrogen-bond acceptors (Lipinski definition) is 4. The Hall–Kier alpha value is -1.45. The first-order valence-corrected chi connectivity index (χ1v) is 3.85. The maximum atomic E-state index is 4.89. The van der Waals surface area contributed by atoms with Crippen LogP contribution >= 0.6 is 0 Å². The lowest BCUT2D eigenvalue weighted by Crippen LogP contribution is -1.88. The van der Waals surface area contributed by atoms with E-state index in [1.54, 1.807) is 6.20 Å². The van der Waals surface area contributed by atoms with Gasteiger partial charge in [0.05, 0.1) is 0 Å². The smallest absolute Gasteiger partial charge is 0.223 e. The number of rotatable bonds is 1. The quantitative estimate of drug-likeness (QED) is 0.642. The van der Waals surface area contributed by atoms with Gasteiger partial charge in [-0.3, -0.25) is 0 Å². The summed E-state index contributed by atoms with van der Waals surface area (Å²) in [5.74, 6) is 0.451. The molecule has 4 heteroatoms. The van der Waals surface area contributed by atoms with Crippen LogP contribution < -0.4 is 0 Å². The predicted molar refractivity (Wildman–Crippen MR) is 43.7 cm³/mol. The molecule has 4 nitrogen and oxygen atoms in total. The van der Waals surface area contributed by atoms with Gasteiger partial charge in [0.2, 0.25) is 11.2 Å². The van der Waals surface area contributed by atoms with Gasteiger partial charge in [-0.1, -0.05) is 18.9 Å². The number of hydrogen-bond donors (Lipinski definition) is 0. The van der Waals surface area contributed by atoms with E-state index >= 15 is 0 Å². The molecule has 0 N–H and O–H groups in total. The van der Waals surface area contributed by atoms with Gasteiger partial charge in [0.25, 0.3) is 0 Å². The summed E-state index contributed by atoms with van der Waals surface area (Å²) >= 11 is 0. The number of aromatic nitrogens is 3. The average molecular weight is 163 g/mol. The molecule has 0 unspecified atom stereocenters. The van der Waals surface area contributed by atoms with Crippen molar-refractivity contribution < 1.29 is 4.52 Å². The standard InChI is InChI=1S/C8H9N3O/c1-5(2)6-3-7-8(9-4-6)10-11-12-7/h3-5H,1-2H3. The van der Waals surface area contributed by atoms with Crippen molar-refractivity contribution in [3.8, 4) is 0 Å². The highest BCUT2D eigenvalue weighted by Gasteiger charge is 2.05. The van der Waals surface area contributed by atoms with Crippen LogP contribution in [0.15, 0.2) is 16.8 Å². The largest absolute Gasteiger partial charge is 0.335 e. The van der Waals surface area contributed by atoms with E-state index in [2.05, 4.69) is 29.2 Å². The highest BCUT2D eigenvalue weighted by Crippen LogP contribution is 2.16. The second-order valence-electron chi connectivity index (χ2n) is 3.02. The van der Waals surface area contributed by atoms with Crippen LogP contribution in [-0.4, -0.2) is 15.4 Å². The van der Waals surface area contributed by atoms with Gasteiger partial charge in [0, 0.05) is 11.5 Å². The molecule has 0 radical (unpaired) electrons. The van der Waals surface area contributed by atoms with E-state index in [-0.39, 0.29) is 0 Å². The summed E-state index contributed by atoms with van der Waals surface area (Å²) in [5, 5.41) is 7.11. The molecule has 0 bridgehead atoms. The summed E-state index contributed by atoms with van der Waals surface area (Å²) in [4.78, 5) is 4.10. The molecule has 0 spiro atoms. The van der Waals surface area contributed by atoms with Crippen LogP contribution in [0, 0.1) is 0 Å². The highest BCUT2D eigenvalue weighted by molar-refractivity contribution is 5.66. The first-order valence-electron chi connectivity index (χ1n) is 3.85. The normalized spacial score (nSPS) is 11.2. The summed E-state index contributed by atoms with van der Waals surface area (Å²) in [6.07, 6.45) is 1.80. The van der Waals surface area contributed by atoms with Gasteiger partial charge in [-0.25, -0.2) is 4.98 Å². The van der Waals surface area contributed by atoms with Crippen LogP contribution in [0.3, 0.4) is 0 Å². The second kappa shape index (κ2) is 2.55. The van der Waals surface area contributed by atoms with Crippen LogP contribution in [-0.2, 0) is 0 Å². The van der Waals surface area contributed by atoms with Gasteiger partial charge in [-0.05, 0) is 17.5 Å². The number of pyridine rings is 1. The van der Waals surface area contributed by atoms with Crippen LogP contribution in [0.1, 0.15) is 25.3 Å². The van der Waals surface area contributed by atoms with Gasteiger partial charge in [-0.2, -0.15) is 0 Å². The van der Waals surface area contributed by atoms with Gasteiger partial charge < -0.3 is 4.52 Å². The SMILES string of the molecule is CC(C)c1cnc2nnoc2c1. The molecular formula is C8H9N3O. The molecule has 0 amide bonds. The Labute approximate surface area is 69.6 Å². The Bertz CT molecular complexity index is 394. The Morgan fingerprint density at radius 1 is 1.42 bits per heavy atom. The number of nitrogens with zero attached hydrogens (tertiary/aromatic N) is 3. The molecule has 0 aliphatic heterocycles. The lowest BCUT2D eigenvalue weighted by molar-refractivity contribution is 0.424. The third-order valence-electron chi connectivity index (χ3n) is 1.80. The maximum Gasteiger partial charge on any atom is 0.223 e. The van der Waals surface area contributed by atoms with Crippen molar-refractivity contribution in [1.82, 2.24) is 15.4 Å². The summed E-state index contributed by atoms with van der Waals surface area (Å²) < 4.78 is 4.89. The molecule has 0 aromatic carbocycles. The van der Waals surface area contributed by atoms with Crippen molar-refractivity contribution in [2.45, 2.75) is 19.8 Å². The summed E-state index contributed by atoms with van der Waals surface area (Å²) in [5.41, 5.74) is 2.36. The van der Waals surface area contributed by atoms with Crippen LogP contribution in [0.4, 0.5) is 0 Å². The lowest BCUT2D eigenvalue weighted by atomic mass is 10.1. The van der Waals surface area contributed by atoms with Gasteiger partial charge >= 0.3 is 0 Å². The molecule has 0 saturated heterocycles. The fraction of sp³-hybridized carbons (Fsp3) is 0.375. The zero-order valence-electron chi connectivity index (χ0n) is 6.98. The summed E-state index contributed by atoms with van der Waals surface area (Å²) in [6, 6.07) is 1.92. The molecule has 0 aliphatic rings. The average Bonchev–Trinajstić information content (AvgIpc) is 2.49. The first kappa shape index (κ1) is 7.21. The van der Waals surface area contributed by atoms with E-state index in [4.69, 9.17) is 4.52 Å². The fourth-order valence-corrected chi connectivity index (χ4v) is 1.01. The molecule has 12 heavy (non-hydrogen) atoms. The zero-order chi connectivity index (χ0) is 8.55. The second-order valence-corrected chi connectivity index (χ2v) is 3.02. The molecule has 0 aliphatic carbocycles. The van der Waals surface area contributed by atoms with Crippen LogP contribution in [0.5, 0.6) is 0 Å². The zero-order valence-corrected chi connectivity index (χ0v) is 6.98. The van der Waals surface area contributed by atoms with Crippen molar-refractivity contribution >= 4 is 11.2 Å². The lowest BCUT2D eigenvalue weighted by Gasteiger charge is -2.01. The Kier molecular flexibility index (Phi) is 1.53. The van der Waals surface area contributed by atoms with E-state index < -0.39 is 0 Å². The van der Waals surface area contributed by atoms with Crippen LogP contribution in [0.2, 0.25) is 0 Å². The molecule has 2 rings (SSSR count). The van der Waals surface area contributed by atoms with Crippen molar-refractivity contribution in [1.29, 1.82) is 0 Å². The molecule has 0 atom stereocenters. The van der Waals surface area contributed by atoms with Gasteiger partial charge in [0.15, 0.2) is 0 Å². The number of fused-ring (bicyclic) bond motifs is 1. The minimum Gasteiger partial charge on any atom is -0.335 e. The van der Waals surface area contributed by atoms with Crippen molar-refractivity contribution in [3.63, 3.8) is 0 Å². The molecule has 2 heterocycles. The Balaban J connectivity index is 2.60. The minimum absolute atomic E-state index is 0.451. The predicted octanol–water partition coefficient (Wildman–Crippen LogP) is 1.74. The van der Waals surface area contributed by atoms with E-state index in [1.165, 1.54) is 0 Å². The Morgan fingerprint density at radius 3 is 3.00 bits per heavy atom. The highest BCUT2D eigenvalue weighted by atomic mass is 16.5. The van der Waals surface area contributed by atoms with E-state index in [0.717, 1.165) is 5.56 Å². The molecule has 62 valence electrons. The van der Waals surface area contributed by atoms with Crippen molar-refractivity contribution in [2.75, 3.05) is 0 Å². The van der Waals surface area contributed by atoms with E-state index in [0.29, 0.717) is 17.1 Å². The van der Waals surface area contributed by atoms with Gasteiger partial charge in [-0.15, -0.1) is 0 Å². The van der Waals surface area contributed by atoms with Crippen LogP contribution in [0.25, 0.3) is 11.2 Å². The van der Waals surface area contributed by atoms with Gasteiger partial charge in [0.1, 0.15) is 0 Å². The molecule has 0 fully saturated rings.